The summed E-state index contributed by atoms with van der Waals surface area (Å²) in [5.41, 5.74) is 2.66. The summed E-state index contributed by atoms with van der Waals surface area (Å²) in [5.74, 6) is 0. The number of nitrogens with zero attached hydrogens (tertiary/aromatic N) is 2. The van der Waals surface area contributed by atoms with Crippen molar-refractivity contribution in [3.8, 4) is 6.07 Å². The standard InChI is InChI=1S/C14H9BrN2O/c15-13-8-11(6-7-14(13)17-18)12(9-16)10-4-2-1-3-5-10/h1-8,18H/b12-11+,17-14+. The summed E-state index contributed by atoms with van der Waals surface area (Å²) in [4.78, 5) is 0. The van der Waals surface area contributed by atoms with Gasteiger partial charge in [-0.05, 0) is 39.2 Å². The lowest BCUT2D eigenvalue weighted by atomic mass is 9.97. The van der Waals surface area contributed by atoms with Crippen molar-refractivity contribution in [1.29, 1.82) is 5.26 Å². The van der Waals surface area contributed by atoms with Gasteiger partial charge in [0.05, 0.1) is 5.57 Å². The first kappa shape index (κ1) is 12.3. The van der Waals surface area contributed by atoms with Crippen molar-refractivity contribution in [3.05, 3.63) is 64.2 Å². The van der Waals surface area contributed by atoms with E-state index in [0.717, 1.165) is 11.1 Å². The van der Waals surface area contributed by atoms with E-state index >= 15 is 0 Å². The van der Waals surface area contributed by atoms with Crippen molar-refractivity contribution in [3.63, 3.8) is 0 Å². The molecule has 1 N–H and O–H groups in total. The van der Waals surface area contributed by atoms with Gasteiger partial charge in [0.2, 0.25) is 0 Å². The van der Waals surface area contributed by atoms with E-state index in [-0.39, 0.29) is 0 Å². The Kier molecular flexibility index (Phi) is 3.75. The third-order valence-electron chi connectivity index (χ3n) is 2.52. The van der Waals surface area contributed by atoms with Gasteiger partial charge in [0.25, 0.3) is 0 Å². The summed E-state index contributed by atoms with van der Waals surface area (Å²) < 4.78 is 0.645. The molecule has 1 aliphatic carbocycles. The first-order valence-corrected chi connectivity index (χ1v) is 6.03. The van der Waals surface area contributed by atoms with Gasteiger partial charge in [-0.1, -0.05) is 41.6 Å². The summed E-state index contributed by atoms with van der Waals surface area (Å²) >= 11 is 3.30. The van der Waals surface area contributed by atoms with E-state index in [4.69, 9.17) is 5.21 Å². The quantitative estimate of drug-likeness (QED) is 0.489. The maximum absolute atomic E-state index is 9.28. The summed E-state index contributed by atoms with van der Waals surface area (Å²) in [6.45, 7) is 0. The Balaban J connectivity index is 2.52. The molecule has 0 fully saturated rings. The van der Waals surface area contributed by atoms with Crippen LogP contribution in [0.4, 0.5) is 0 Å². The van der Waals surface area contributed by atoms with Crippen molar-refractivity contribution < 1.29 is 5.21 Å². The molecular formula is C14H9BrN2O. The minimum absolute atomic E-state index is 0.434. The molecule has 0 spiro atoms. The third-order valence-corrected chi connectivity index (χ3v) is 3.15. The Morgan fingerprint density at radius 2 is 1.94 bits per heavy atom. The maximum atomic E-state index is 9.28. The fourth-order valence-corrected chi connectivity index (χ4v) is 2.10. The molecule has 18 heavy (non-hydrogen) atoms. The fraction of sp³-hybridized carbons (Fsp3) is 0. The molecule has 0 bridgehead atoms. The Morgan fingerprint density at radius 1 is 1.22 bits per heavy atom. The van der Waals surface area contributed by atoms with E-state index in [1.807, 2.05) is 30.3 Å². The molecule has 0 heterocycles. The molecule has 0 amide bonds. The summed E-state index contributed by atoms with van der Waals surface area (Å²) in [7, 11) is 0. The minimum atomic E-state index is 0.434. The Hall–Kier alpha value is -2.12. The number of hydrogen-bond donors (Lipinski definition) is 1. The third kappa shape index (κ3) is 2.41. The smallest absolute Gasteiger partial charge is 0.116 e. The van der Waals surface area contributed by atoms with E-state index in [2.05, 4.69) is 27.2 Å². The lowest BCUT2D eigenvalue weighted by Crippen LogP contribution is -2.00. The van der Waals surface area contributed by atoms with Crippen LogP contribution in [0.1, 0.15) is 5.56 Å². The second-order valence-corrected chi connectivity index (χ2v) is 4.47. The van der Waals surface area contributed by atoms with E-state index in [0.29, 0.717) is 15.8 Å². The van der Waals surface area contributed by atoms with Gasteiger partial charge in [-0.25, -0.2) is 0 Å². The van der Waals surface area contributed by atoms with Gasteiger partial charge in [0.15, 0.2) is 0 Å². The van der Waals surface area contributed by atoms with Gasteiger partial charge < -0.3 is 5.21 Å². The normalized spacial score (nSPS) is 19.3. The van der Waals surface area contributed by atoms with Crippen LogP contribution >= 0.6 is 15.9 Å². The molecule has 4 heteroatoms. The average Bonchev–Trinajstić information content (AvgIpc) is 2.41. The first-order chi connectivity index (χ1) is 8.76. The summed E-state index contributed by atoms with van der Waals surface area (Å²) in [6, 6.07) is 11.7. The SMILES string of the molecule is N#C/C(=C1C=C/C(=N\O)C(Br)=C/1)c1ccccc1. The molecule has 0 radical (unpaired) electrons. The van der Waals surface area contributed by atoms with Gasteiger partial charge >= 0.3 is 0 Å². The fourth-order valence-electron chi connectivity index (χ4n) is 1.64. The van der Waals surface area contributed by atoms with Gasteiger partial charge in [0.1, 0.15) is 11.8 Å². The van der Waals surface area contributed by atoms with Crippen molar-refractivity contribution in [1.82, 2.24) is 0 Å². The Bertz CT molecular complexity index is 619. The van der Waals surface area contributed by atoms with Crippen LogP contribution in [0.2, 0.25) is 0 Å². The molecule has 3 nitrogen and oxygen atoms in total. The minimum Gasteiger partial charge on any atom is -0.410 e. The molecule has 1 aliphatic rings. The van der Waals surface area contributed by atoms with Crippen molar-refractivity contribution in [2.45, 2.75) is 0 Å². The average molecular weight is 301 g/mol. The highest BCUT2D eigenvalue weighted by molar-refractivity contribution is 9.12. The monoisotopic (exact) mass is 300 g/mol. The van der Waals surface area contributed by atoms with Crippen molar-refractivity contribution in [2.75, 3.05) is 0 Å². The van der Waals surface area contributed by atoms with Crippen molar-refractivity contribution >= 4 is 27.2 Å². The van der Waals surface area contributed by atoms with Crippen LogP contribution in [0.5, 0.6) is 0 Å². The Morgan fingerprint density at radius 3 is 2.50 bits per heavy atom. The molecule has 88 valence electrons. The number of hydrogen-bond acceptors (Lipinski definition) is 3. The number of halogens is 1. The molecule has 1 aromatic rings. The second-order valence-electron chi connectivity index (χ2n) is 3.62. The lowest BCUT2D eigenvalue weighted by Gasteiger charge is -2.08. The summed E-state index contributed by atoms with van der Waals surface area (Å²) in [5, 5.41) is 21.2. The number of allylic oxidation sites excluding steroid dienone is 6. The van der Waals surface area contributed by atoms with Gasteiger partial charge in [0, 0.05) is 4.48 Å². The van der Waals surface area contributed by atoms with E-state index in [1.54, 1.807) is 18.2 Å². The number of rotatable bonds is 1. The highest BCUT2D eigenvalue weighted by Gasteiger charge is 2.12. The first-order valence-electron chi connectivity index (χ1n) is 5.23. The number of benzene rings is 1. The maximum Gasteiger partial charge on any atom is 0.116 e. The van der Waals surface area contributed by atoms with E-state index in [9.17, 15) is 5.26 Å². The van der Waals surface area contributed by atoms with Crippen LogP contribution in [0.25, 0.3) is 5.57 Å². The topological polar surface area (TPSA) is 56.4 Å². The van der Waals surface area contributed by atoms with Gasteiger partial charge in [-0.3, -0.25) is 0 Å². The van der Waals surface area contributed by atoms with E-state index in [1.165, 1.54) is 0 Å². The van der Waals surface area contributed by atoms with E-state index < -0.39 is 0 Å². The molecule has 0 aliphatic heterocycles. The van der Waals surface area contributed by atoms with Crippen LogP contribution in [0, 0.1) is 11.3 Å². The highest BCUT2D eigenvalue weighted by Crippen LogP contribution is 2.26. The van der Waals surface area contributed by atoms with Crippen molar-refractivity contribution in [2.24, 2.45) is 5.16 Å². The molecule has 2 rings (SSSR count). The molecule has 0 saturated carbocycles. The zero-order valence-corrected chi connectivity index (χ0v) is 10.9. The van der Waals surface area contributed by atoms with Gasteiger partial charge in [-0.2, -0.15) is 5.26 Å². The lowest BCUT2D eigenvalue weighted by molar-refractivity contribution is 0.320. The summed E-state index contributed by atoms with van der Waals surface area (Å²) in [6.07, 6.45) is 5.17. The van der Waals surface area contributed by atoms with Crippen LogP contribution in [-0.4, -0.2) is 10.9 Å². The van der Waals surface area contributed by atoms with Crippen LogP contribution in [-0.2, 0) is 0 Å². The zero-order chi connectivity index (χ0) is 13.0. The molecule has 0 atom stereocenters. The van der Waals surface area contributed by atoms with Crippen LogP contribution in [0.3, 0.4) is 0 Å². The predicted octanol–water partition coefficient (Wildman–Crippen LogP) is 3.64. The van der Waals surface area contributed by atoms with Gasteiger partial charge in [-0.15, -0.1) is 0 Å². The molecule has 0 unspecified atom stereocenters. The van der Waals surface area contributed by atoms with Crippen LogP contribution < -0.4 is 0 Å². The molecule has 1 aromatic carbocycles. The largest absolute Gasteiger partial charge is 0.410 e. The zero-order valence-electron chi connectivity index (χ0n) is 9.34. The molecule has 0 saturated heterocycles. The number of nitriles is 1. The van der Waals surface area contributed by atoms with Crippen LogP contribution in [0.15, 0.2) is 63.8 Å². The predicted molar refractivity (Wildman–Crippen MR) is 74.3 cm³/mol. The number of oxime groups is 1. The molecule has 0 aromatic heterocycles. The Labute approximate surface area is 113 Å². The molecular weight excluding hydrogens is 292 g/mol. The second kappa shape index (κ2) is 5.48. The highest BCUT2D eigenvalue weighted by atomic mass is 79.9.